The lowest BCUT2D eigenvalue weighted by Crippen LogP contribution is -2.40. The minimum Gasteiger partial charge on any atom is -0.465 e. The number of Topliss-reactive ketones (excluding diaryl/α,β-unsaturated/α-hetero) is 1. The average Bonchev–Trinajstić information content (AvgIpc) is 2.71. The van der Waals surface area contributed by atoms with E-state index in [2.05, 4.69) is 13.0 Å². The van der Waals surface area contributed by atoms with E-state index in [1.807, 2.05) is 12.1 Å². The van der Waals surface area contributed by atoms with Crippen LogP contribution in [0.3, 0.4) is 0 Å². The Morgan fingerprint density at radius 1 is 1.35 bits per heavy atom. The number of ether oxygens (including phenoxy) is 1. The lowest BCUT2D eigenvalue weighted by Gasteiger charge is -2.44. The number of hydrogen-bond donors (Lipinski definition) is 0. The highest BCUT2D eigenvalue weighted by Gasteiger charge is 2.45. The molecular weight excluding hydrogens is 288 g/mol. The molecule has 2 aliphatic carbocycles. The van der Waals surface area contributed by atoms with Crippen molar-refractivity contribution < 1.29 is 14.3 Å². The molecule has 1 saturated carbocycles. The first kappa shape index (κ1) is 16.2. The van der Waals surface area contributed by atoms with Crippen LogP contribution in [0.15, 0.2) is 18.2 Å². The van der Waals surface area contributed by atoms with Gasteiger partial charge >= 0.3 is 5.97 Å². The normalized spacial score (nSPS) is 26.9. The Labute approximate surface area is 138 Å². The van der Waals surface area contributed by atoms with Gasteiger partial charge in [0.2, 0.25) is 0 Å². The number of rotatable bonds is 3. The molecule has 124 valence electrons. The maximum absolute atomic E-state index is 12.0. The molecule has 0 saturated heterocycles. The van der Waals surface area contributed by atoms with Crippen LogP contribution in [0, 0.1) is 5.92 Å². The lowest BCUT2D eigenvalue weighted by atomic mass is 9.59. The summed E-state index contributed by atoms with van der Waals surface area (Å²) in [7, 11) is 1.43. The van der Waals surface area contributed by atoms with Crippen LogP contribution >= 0.6 is 0 Å². The van der Waals surface area contributed by atoms with E-state index < -0.39 is 0 Å². The van der Waals surface area contributed by atoms with Crippen molar-refractivity contribution in [1.29, 1.82) is 0 Å². The Morgan fingerprint density at radius 2 is 2.17 bits per heavy atom. The van der Waals surface area contributed by atoms with E-state index in [0.717, 1.165) is 44.9 Å². The van der Waals surface area contributed by atoms with Gasteiger partial charge in [0, 0.05) is 12.8 Å². The zero-order valence-electron chi connectivity index (χ0n) is 14.2. The first-order valence-corrected chi connectivity index (χ1v) is 8.84. The van der Waals surface area contributed by atoms with E-state index in [-0.39, 0.29) is 11.4 Å². The van der Waals surface area contributed by atoms with Gasteiger partial charge in [0.15, 0.2) is 0 Å². The van der Waals surface area contributed by atoms with Crippen molar-refractivity contribution in [2.45, 2.75) is 63.7 Å². The fourth-order valence-electron chi connectivity index (χ4n) is 4.85. The standard InChI is InChI=1S/C20H26O3/c1-3-10-20-11-9-17(21)13-16(20)6-4-5-14-12-15(19(22)23-2)7-8-18(14)20/h7-8,12,16H,3-6,9-11,13H2,1-2H3/t16-,20+/m1/s1. The van der Waals surface area contributed by atoms with E-state index in [1.165, 1.54) is 18.2 Å². The van der Waals surface area contributed by atoms with Gasteiger partial charge in [0.25, 0.3) is 0 Å². The number of aryl methyl sites for hydroxylation is 1. The second kappa shape index (κ2) is 6.46. The Bertz CT molecular complexity index is 619. The molecule has 3 nitrogen and oxygen atoms in total. The Balaban J connectivity index is 2.08. The summed E-state index contributed by atoms with van der Waals surface area (Å²) < 4.78 is 4.87. The summed E-state index contributed by atoms with van der Waals surface area (Å²) in [6.07, 6.45) is 7.88. The summed E-state index contributed by atoms with van der Waals surface area (Å²) in [6.45, 7) is 2.23. The number of hydrogen-bond acceptors (Lipinski definition) is 3. The number of carbonyl (C=O) groups is 2. The summed E-state index contributed by atoms with van der Waals surface area (Å²) in [5.74, 6) is 0.627. The highest BCUT2D eigenvalue weighted by Crippen LogP contribution is 2.51. The van der Waals surface area contributed by atoms with Gasteiger partial charge in [0.1, 0.15) is 5.78 Å². The molecule has 23 heavy (non-hydrogen) atoms. The summed E-state index contributed by atoms with van der Waals surface area (Å²) in [5.41, 5.74) is 3.45. The molecule has 3 rings (SSSR count). The first-order chi connectivity index (χ1) is 11.1. The first-order valence-electron chi connectivity index (χ1n) is 8.84. The predicted octanol–water partition coefficient (Wildman–Crippen LogP) is 4.22. The summed E-state index contributed by atoms with van der Waals surface area (Å²) in [4.78, 5) is 23.9. The highest BCUT2D eigenvalue weighted by molar-refractivity contribution is 5.89. The van der Waals surface area contributed by atoms with Crippen LogP contribution in [0.25, 0.3) is 0 Å². The molecule has 1 aromatic rings. The van der Waals surface area contributed by atoms with Gasteiger partial charge in [-0.05, 0) is 66.7 Å². The highest BCUT2D eigenvalue weighted by atomic mass is 16.5. The van der Waals surface area contributed by atoms with Gasteiger partial charge in [-0.2, -0.15) is 0 Å². The summed E-state index contributed by atoms with van der Waals surface area (Å²) in [5, 5.41) is 0. The van der Waals surface area contributed by atoms with Crippen molar-refractivity contribution in [3.63, 3.8) is 0 Å². The van der Waals surface area contributed by atoms with Crippen molar-refractivity contribution in [2.24, 2.45) is 5.92 Å². The fourth-order valence-corrected chi connectivity index (χ4v) is 4.85. The molecule has 0 aromatic heterocycles. The number of methoxy groups -OCH3 is 1. The zero-order valence-corrected chi connectivity index (χ0v) is 14.2. The maximum Gasteiger partial charge on any atom is 0.337 e. The monoisotopic (exact) mass is 314 g/mol. The van der Waals surface area contributed by atoms with Crippen LogP contribution < -0.4 is 0 Å². The van der Waals surface area contributed by atoms with Crippen LogP contribution in [-0.2, 0) is 21.4 Å². The maximum atomic E-state index is 12.0. The average molecular weight is 314 g/mol. The van der Waals surface area contributed by atoms with E-state index in [0.29, 0.717) is 23.7 Å². The van der Waals surface area contributed by atoms with Crippen molar-refractivity contribution in [2.75, 3.05) is 7.11 Å². The van der Waals surface area contributed by atoms with Gasteiger partial charge in [0.05, 0.1) is 12.7 Å². The third-order valence-electron chi connectivity index (χ3n) is 5.86. The molecule has 0 unspecified atom stereocenters. The molecule has 1 aromatic carbocycles. The molecule has 0 aliphatic heterocycles. The number of ketones is 1. The van der Waals surface area contributed by atoms with Crippen molar-refractivity contribution >= 4 is 11.8 Å². The molecule has 1 fully saturated rings. The third kappa shape index (κ3) is 2.82. The quantitative estimate of drug-likeness (QED) is 0.785. The molecule has 0 radical (unpaired) electrons. The van der Waals surface area contributed by atoms with Crippen LogP contribution in [0.4, 0.5) is 0 Å². The molecule has 2 aliphatic rings. The molecule has 2 atom stereocenters. The summed E-state index contributed by atoms with van der Waals surface area (Å²) in [6, 6.07) is 6.07. The molecular formula is C20H26O3. The second-order valence-electron chi connectivity index (χ2n) is 7.10. The lowest BCUT2D eigenvalue weighted by molar-refractivity contribution is -0.123. The van der Waals surface area contributed by atoms with Crippen molar-refractivity contribution in [1.82, 2.24) is 0 Å². The number of esters is 1. The predicted molar refractivity (Wildman–Crippen MR) is 89.7 cm³/mol. The minimum absolute atomic E-state index is 0.128. The zero-order chi connectivity index (χ0) is 16.4. The second-order valence-corrected chi connectivity index (χ2v) is 7.10. The van der Waals surface area contributed by atoms with Crippen molar-refractivity contribution in [3.05, 3.63) is 34.9 Å². The van der Waals surface area contributed by atoms with E-state index in [9.17, 15) is 9.59 Å². The molecule has 0 bridgehead atoms. The van der Waals surface area contributed by atoms with E-state index in [4.69, 9.17) is 4.74 Å². The van der Waals surface area contributed by atoms with Crippen LogP contribution in [0.5, 0.6) is 0 Å². The van der Waals surface area contributed by atoms with Gasteiger partial charge in [-0.3, -0.25) is 4.79 Å². The van der Waals surface area contributed by atoms with Crippen LogP contribution in [-0.4, -0.2) is 18.9 Å². The molecule has 3 heteroatoms. The number of fused-ring (bicyclic) bond motifs is 3. The molecule has 0 N–H and O–H groups in total. The van der Waals surface area contributed by atoms with E-state index >= 15 is 0 Å². The Kier molecular flexibility index (Phi) is 4.56. The van der Waals surface area contributed by atoms with Crippen molar-refractivity contribution in [3.8, 4) is 0 Å². The number of benzene rings is 1. The Morgan fingerprint density at radius 3 is 2.91 bits per heavy atom. The summed E-state index contributed by atoms with van der Waals surface area (Å²) >= 11 is 0. The van der Waals surface area contributed by atoms with Gasteiger partial charge < -0.3 is 4.74 Å². The van der Waals surface area contributed by atoms with Gasteiger partial charge in [-0.25, -0.2) is 4.79 Å². The van der Waals surface area contributed by atoms with Gasteiger partial charge in [-0.1, -0.05) is 19.4 Å². The SMILES string of the molecule is CCC[C@]12CCC(=O)C[C@H]1CCCc1cc(C(=O)OC)ccc12. The van der Waals surface area contributed by atoms with Crippen LogP contribution in [0.2, 0.25) is 0 Å². The largest absolute Gasteiger partial charge is 0.465 e. The topological polar surface area (TPSA) is 43.4 Å². The van der Waals surface area contributed by atoms with Crippen LogP contribution in [0.1, 0.15) is 73.4 Å². The van der Waals surface area contributed by atoms with Gasteiger partial charge in [-0.15, -0.1) is 0 Å². The number of carbonyl (C=O) groups excluding carboxylic acids is 2. The third-order valence-corrected chi connectivity index (χ3v) is 5.86. The minimum atomic E-state index is -0.267. The smallest absolute Gasteiger partial charge is 0.337 e. The molecule has 0 heterocycles. The Hall–Kier alpha value is -1.64. The van der Waals surface area contributed by atoms with E-state index in [1.54, 1.807) is 0 Å². The molecule has 0 spiro atoms. The molecule has 0 amide bonds. The fraction of sp³-hybridized carbons (Fsp3) is 0.600.